The van der Waals surface area contributed by atoms with Crippen molar-refractivity contribution in [2.75, 3.05) is 26.2 Å². The number of likely N-dealkylation sites (tertiary alicyclic amines) is 2. The van der Waals surface area contributed by atoms with Crippen molar-refractivity contribution in [3.8, 4) is 0 Å². The van der Waals surface area contributed by atoms with Crippen LogP contribution < -0.4 is 0 Å². The monoisotopic (exact) mass is 384 g/mol. The minimum Gasteiger partial charge on any atom is -0.341 e. The van der Waals surface area contributed by atoms with E-state index in [1.165, 1.54) is 0 Å². The van der Waals surface area contributed by atoms with Crippen LogP contribution in [0.2, 0.25) is 0 Å². The summed E-state index contributed by atoms with van der Waals surface area (Å²) >= 11 is 0. The average molecular weight is 384 g/mol. The largest absolute Gasteiger partial charge is 0.341 e. The molecule has 9 nitrogen and oxygen atoms in total. The van der Waals surface area contributed by atoms with Crippen molar-refractivity contribution in [3.63, 3.8) is 0 Å². The normalized spacial score (nSPS) is 26.7. The number of carbonyl (C=O) groups excluding carboxylic acids is 2. The Balaban J connectivity index is 1.45. The van der Waals surface area contributed by atoms with Gasteiger partial charge in [0.05, 0.1) is 5.41 Å². The number of aromatic nitrogens is 4. The van der Waals surface area contributed by atoms with Crippen LogP contribution in [0.15, 0.2) is 16.8 Å². The highest BCUT2D eigenvalue weighted by atomic mass is 16.5. The van der Waals surface area contributed by atoms with Crippen LogP contribution in [0.4, 0.5) is 0 Å². The van der Waals surface area contributed by atoms with Gasteiger partial charge in [0.25, 0.3) is 5.91 Å². The maximum Gasteiger partial charge on any atom is 0.272 e. The molecule has 0 bridgehead atoms. The van der Waals surface area contributed by atoms with Gasteiger partial charge in [-0.05, 0) is 32.8 Å². The van der Waals surface area contributed by atoms with Crippen molar-refractivity contribution in [1.29, 1.82) is 0 Å². The minimum atomic E-state index is -0.488. The lowest BCUT2D eigenvalue weighted by molar-refractivity contribution is -0.131. The number of hydrogen-bond acceptors (Lipinski definition) is 6. The van der Waals surface area contributed by atoms with E-state index >= 15 is 0 Å². The molecule has 4 heterocycles. The van der Waals surface area contributed by atoms with Gasteiger partial charge in [0.1, 0.15) is 5.69 Å². The molecule has 9 heteroatoms. The number of carbonyl (C=O) groups is 2. The maximum absolute atomic E-state index is 13.1. The van der Waals surface area contributed by atoms with Crippen LogP contribution in [-0.4, -0.2) is 67.7 Å². The number of rotatable bonds is 4. The highest BCUT2D eigenvalue weighted by Crippen LogP contribution is 2.46. The zero-order valence-electron chi connectivity index (χ0n) is 16.2. The summed E-state index contributed by atoms with van der Waals surface area (Å²) < 4.78 is 7.28. The van der Waals surface area contributed by atoms with Gasteiger partial charge in [0.15, 0.2) is 5.82 Å². The summed E-state index contributed by atoms with van der Waals surface area (Å²) in [6, 6.07) is 1.76. The molecule has 1 aliphatic carbocycles. The SMILES string of the molecule is CCn1nccc1C(=O)N1C[C@H]2CN(C(=O)C3CC3)C[C@@]2(c2nc(C)no2)C1. The highest BCUT2D eigenvalue weighted by Gasteiger charge is 2.59. The second-order valence-electron chi connectivity index (χ2n) is 8.21. The van der Waals surface area contributed by atoms with Gasteiger partial charge in [-0.1, -0.05) is 5.16 Å². The Labute approximate surface area is 162 Å². The molecule has 5 rings (SSSR count). The van der Waals surface area contributed by atoms with E-state index in [0.29, 0.717) is 50.1 Å². The fourth-order valence-electron chi connectivity index (χ4n) is 4.71. The standard InChI is InChI=1S/C19H24N6O3/c1-3-25-15(6-7-20-25)17(27)24-9-14-8-23(16(26)13-4-5-13)10-19(14,11-24)18-21-12(2)22-28-18/h6-7,13-14H,3-5,8-11H2,1-2H3/t14-,19-/m1/s1. The zero-order chi connectivity index (χ0) is 19.5. The van der Waals surface area contributed by atoms with E-state index in [1.54, 1.807) is 23.9 Å². The van der Waals surface area contributed by atoms with Crippen LogP contribution in [0.5, 0.6) is 0 Å². The van der Waals surface area contributed by atoms with E-state index in [4.69, 9.17) is 4.52 Å². The van der Waals surface area contributed by atoms with E-state index in [2.05, 4.69) is 15.2 Å². The maximum atomic E-state index is 13.1. The summed E-state index contributed by atoms with van der Waals surface area (Å²) in [7, 11) is 0. The highest BCUT2D eigenvalue weighted by molar-refractivity contribution is 5.93. The summed E-state index contributed by atoms with van der Waals surface area (Å²) in [6.45, 7) is 6.61. The van der Waals surface area contributed by atoms with E-state index < -0.39 is 5.41 Å². The van der Waals surface area contributed by atoms with Gasteiger partial charge in [-0.3, -0.25) is 14.3 Å². The van der Waals surface area contributed by atoms with Crippen LogP contribution in [0, 0.1) is 18.8 Å². The van der Waals surface area contributed by atoms with Gasteiger partial charge in [0, 0.05) is 50.8 Å². The van der Waals surface area contributed by atoms with Gasteiger partial charge in [-0.25, -0.2) is 0 Å². The molecule has 1 saturated carbocycles. The second-order valence-corrected chi connectivity index (χ2v) is 8.21. The molecule has 3 fully saturated rings. The van der Waals surface area contributed by atoms with Crippen molar-refractivity contribution in [2.24, 2.45) is 11.8 Å². The molecular formula is C19H24N6O3. The Kier molecular flexibility index (Phi) is 3.82. The molecule has 0 N–H and O–H groups in total. The molecule has 3 aliphatic rings. The third kappa shape index (κ3) is 2.56. The van der Waals surface area contributed by atoms with Gasteiger partial charge in [-0.15, -0.1) is 0 Å². The number of aryl methyl sites for hydroxylation is 2. The van der Waals surface area contributed by atoms with E-state index in [0.717, 1.165) is 12.8 Å². The summed E-state index contributed by atoms with van der Waals surface area (Å²) in [6.07, 6.45) is 3.62. The summed E-state index contributed by atoms with van der Waals surface area (Å²) in [4.78, 5) is 34.1. The van der Waals surface area contributed by atoms with Crippen molar-refractivity contribution < 1.29 is 14.1 Å². The van der Waals surface area contributed by atoms with Crippen molar-refractivity contribution in [2.45, 2.75) is 38.6 Å². The molecule has 2 aromatic heterocycles. The first kappa shape index (κ1) is 17.4. The minimum absolute atomic E-state index is 0.0376. The molecule has 2 saturated heterocycles. The van der Waals surface area contributed by atoms with Crippen LogP contribution in [-0.2, 0) is 16.8 Å². The van der Waals surface area contributed by atoms with E-state index in [1.807, 2.05) is 16.7 Å². The Morgan fingerprint density at radius 1 is 1.25 bits per heavy atom. The van der Waals surface area contributed by atoms with Gasteiger partial charge in [-0.2, -0.15) is 10.1 Å². The predicted octanol–water partition coefficient (Wildman–Crippen LogP) is 0.857. The van der Waals surface area contributed by atoms with Gasteiger partial charge < -0.3 is 14.3 Å². The molecule has 2 amide bonds. The number of nitrogens with zero attached hydrogens (tertiary/aromatic N) is 6. The number of amides is 2. The lowest BCUT2D eigenvalue weighted by atomic mass is 9.81. The molecule has 0 unspecified atom stereocenters. The number of hydrogen-bond donors (Lipinski definition) is 0. The molecule has 0 radical (unpaired) electrons. The van der Waals surface area contributed by atoms with Crippen molar-refractivity contribution >= 4 is 11.8 Å². The first-order chi connectivity index (χ1) is 13.5. The number of fused-ring (bicyclic) bond motifs is 1. The Morgan fingerprint density at radius 3 is 2.68 bits per heavy atom. The summed E-state index contributed by atoms with van der Waals surface area (Å²) in [5.74, 6) is 1.58. The molecular weight excluding hydrogens is 360 g/mol. The zero-order valence-corrected chi connectivity index (χ0v) is 16.2. The van der Waals surface area contributed by atoms with Crippen LogP contribution in [0.25, 0.3) is 0 Å². The molecule has 148 valence electrons. The van der Waals surface area contributed by atoms with E-state index in [-0.39, 0.29) is 23.7 Å². The topological polar surface area (TPSA) is 97.4 Å². The first-order valence-corrected chi connectivity index (χ1v) is 9.92. The van der Waals surface area contributed by atoms with Crippen LogP contribution >= 0.6 is 0 Å². The predicted molar refractivity (Wildman–Crippen MR) is 97.3 cm³/mol. The second kappa shape index (κ2) is 6.15. The average Bonchev–Trinajstić information content (AvgIpc) is 3.02. The summed E-state index contributed by atoms with van der Waals surface area (Å²) in [5.41, 5.74) is 0.101. The van der Waals surface area contributed by atoms with Crippen molar-refractivity contribution in [3.05, 3.63) is 29.7 Å². The lowest BCUT2D eigenvalue weighted by Gasteiger charge is -2.26. The first-order valence-electron chi connectivity index (χ1n) is 9.92. The third-order valence-electron chi connectivity index (χ3n) is 6.32. The fraction of sp³-hybridized carbons (Fsp3) is 0.632. The summed E-state index contributed by atoms with van der Waals surface area (Å²) in [5, 5.41) is 8.19. The fourth-order valence-corrected chi connectivity index (χ4v) is 4.71. The third-order valence-corrected chi connectivity index (χ3v) is 6.32. The van der Waals surface area contributed by atoms with Crippen LogP contribution in [0.3, 0.4) is 0 Å². The van der Waals surface area contributed by atoms with Crippen molar-refractivity contribution in [1.82, 2.24) is 29.7 Å². The molecule has 28 heavy (non-hydrogen) atoms. The van der Waals surface area contributed by atoms with Crippen LogP contribution in [0.1, 0.15) is 42.0 Å². The Hall–Kier alpha value is -2.71. The van der Waals surface area contributed by atoms with Gasteiger partial charge in [0.2, 0.25) is 11.8 Å². The molecule has 0 aromatic carbocycles. The molecule has 2 atom stereocenters. The van der Waals surface area contributed by atoms with E-state index in [9.17, 15) is 9.59 Å². The molecule has 2 aliphatic heterocycles. The molecule has 0 spiro atoms. The smallest absolute Gasteiger partial charge is 0.272 e. The Bertz CT molecular complexity index is 932. The molecule has 2 aromatic rings. The lowest BCUT2D eigenvalue weighted by Crippen LogP contribution is -2.42. The van der Waals surface area contributed by atoms with Gasteiger partial charge >= 0.3 is 0 Å². The quantitative estimate of drug-likeness (QED) is 0.775. The Morgan fingerprint density at radius 2 is 2.00 bits per heavy atom.